The summed E-state index contributed by atoms with van der Waals surface area (Å²) in [5.41, 5.74) is 19.8. The molecule has 0 amide bonds. The maximum absolute atomic E-state index is 6.84. The Kier molecular flexibility index (Phi) is 9.61. The number of hydrogen-bond acceptors (Lipinski definition) is 2. The predicted octanol–water partition coefficient (Wildman–Crippen LogP) is 15.7. The summed E-state index contributed by atoms with van der Waals surface area (Å²) in [4.78, 5) is 2.45. The zero-order chi connectivity index (χ0) is 48.0. The first-order chi connectivity index (χ1) is 35.4. The summed E-state index contributed by atoms with van der Waals surface area (Å²) >= 11 is 0. The predicted molar refractivity (Wildman–Crippen MR) is 305 cm³/mol. The van der Waals surface area contributed by atoms with Crippen molar-refractivity contribution in [2.24, 2.45) is 0 Å². The highest BCUT2D eigenvalue weighted by Crippen LogP contribution is 2.51. The SMILES string of the molecule is CC1(C)c2ccccc2-c2ccc(N(c3cc(-c4ccccc4)cc(-c4ccccc4)c3)c3ccc4oc5cc(-c6cccc([Si]7(c8ccccc8)c8ccccc8-c8ccccc87)c6)ccc5c4c3)cc21. The van der Waals surface area contributed by atoms with Crippen LogP contribution in [0.5, 0.6) is 0 Å². The third kappa shape index (κ3) is 6.48. The molecule has 0 unspecified atom stereocenters. The summed E-state index contributed by atoms with van der Waals surface area (Å²) in [6.07, 6.45) is 0. The van der Waals surface area contributed by atoms with Crippen molar-refractivity contribution in [3.8, 4) is 55.6 Å². The topological polar surface area (TPSA) is 16.4 Å². The number of nitrogens with zero attached hydrogens (tertiary/aromatic N) is 1. The first kappa shape index (κ1) is 42.1. The molecule has 0 fully saturated rings. The summed E-state index contributed by atoms with van der Waals surface area (Å²) < 4.78 is 6.84. The minimum atomic E-state index is -2.65. The molecule has 3 heteroatoms. The van der Waals surface area contributed by atoms with Gasteiger partial charge in [-0.15, -0.1) is 0 Å². The van der Waals surface area contributed by atoms with Crippen LogP contribution in [0.4, 0.5) is 17.1 Å². The van der Waals surface area contributed by atoms with Gasteiger partial charge in [-0.2, -0.15) is 0 Å². The van der Waals surface area contributed by atoms with Crippen molar-refractivity contribution in [2.75, 3.05) is 4.90 Å². The smallest absolute Gasteiger partial charge is 0.180 e. The monoisotopic (exact) mass is 935 g/mol. The van der Waals surface area contributed by atoms with Crippen molar-refractivity contribution in [3.05, 3.63) is 272 Å². The van der Waals surface area contributed by atoms with E-state index in [4.69, 9.17) is 4.42 Å². The van der Waals surface area contributed by atoms with Crippen LogP contribution in [0.2, 0.25) is 0 Å². The molecule has 2 aliphatic rings. The Morgan fingerprint density at radius 3 is 1.56 bits per heavy atom. The molecule has 2 nitrogen and oxygen atoms in total. The van der Waals surface area contributed by atoms with Gasteiger partial charge in [0.2, 0.25) is 0 Å². The highest BCUT2D eigenvalue weighted by atomic mass is 28.3. The Hall–Kier alpha value is -8.76. The minimum absolute atomic E-state index is 0.160. The van der Waals surface area contributed by atoms with Gasteiger partial charge in [-0.25, -0.2) is 0 Å². The van der Waals surface area contributed by atoms with Crippen molar-refractivity contribution in [1.82, 2.24) is 0 Å². The maximum atomic E-state index is 6.84. The van der Waals surface area contributed by atoms with Crippen LogP contribution in [-0.4, -0.2) is 8.07 Å². The summed E-state index contributed by atoms with van der Waals surface area (Å²) in [6.45, 7) is 4.72. The Bertz CT molecular complexity index is 3970. The van der Waals surface area contributed by atoms with E-state index in [0.29, 0.717) is 0 Å². The molecule has 0 N–H and O–H groups in total. The van der Waals surface area contributed by atoms with E-state index in [0.717, 1.165) is 55.7 Å². The molecule has 11 aromatic carbocycles. The second-order valence-electron chi connectivity index (χ2n) is 20.0. The first-order valence-corrected chi connectivity index (χ1v) is 27.1. The molecule has 0 saturated carbocycles. The van der Waals surface area contributed by atoms with Crippen LogP contribution >= 0.6 is 0 Å². The average Bonchev–Trinajstić information content (AvgIpc) is 4.04. The molecule has 2 heterocycles. The van der Waals surface area contributed by atoms with Gasteiger partial charge < -0.3 is 9.32 Å². The van der Waals surface area contributed by atoms with Gasteiger partial charge in [-0.1, -0.05) is 214 Å². The molecule has 0 saturated heterocycles. The van der Waals surface area contributed by atoms with Gasteiger partial charge in [0.15, 0.2) is 8.07 Å². The van der Waals surface area contributed by atoms with Crippen LogP contribution in [-0.2, 0) is 5.41 Å². The van der Waals surface area contributed by atoms with Crippen molar-refractivity contribution >= 4 is 67.8 Å². The molecule has 0 bridgehead atoms. The van der Waals surface area contributed by atoms with Crippen LogP contribution in [0, 0.1) is 0 Å². The van der Waals surface area contributed by atoms with Crippen molar-refractivity contribution in [3.63, 3.8) is 0 Å². The van der Waals surface area contributed by atoms with Gasteiger partial charge in [-0.05, 0) is 148 Å². The van der Waals surface area contributed by atoms with Crippen LogP contribution in [0.15, 0.2) is 265 Å². The highest BCUT2D eigenvalue weighted by molar-refractivity contribution is 7.22. The third-order valence-corrected chi connectivity index (χ3v) is 20.6. The first-order valence-electron chi connectivity index (χ1n) is 25.1. The summed E-state index contributed by atoms with van der Waals surface area (Å²) in [6, 6.07) is 96.7. The van der Waals surface area contributed by atoms with Crippen molar-refractivity contribution in [2.45, 2.75) is 19.3 Å². The normalized spacial score (nSPS) is 13.6. The van der Waals surface area contributed by atoms with E-state index >= 15 is 0 Å². The number of hydrogen-bond donors (Lipinski definition) is 0. The lowest BCUT2D eigenvalue weighted by Gasteiger charge is -2.31. The molecule has 340 valence electrons. The number of benzene rings is 11. The van der Waals surface area contributed by atoms with Crippen molar-refractivity contribution in [1.29, 1.82) is 0 Å². The molecule has 0 atom stereocenters. The molecule has 1 aliphatic heterocycles. The zero-order valence-corrected chi connectivity index (χ0v) is 41.2. The van der Waals surface area contributed by atoms with Gasteiger partial charge in [-0.3, -0.25) is 0 Å². The van der Waals surface area contributed by atoms with E-state index in [9.17, 15) is 0 Å². The quantitative estimate of drug-likeness (QED) is 0.141. The summed E-state index contributed by atoms with van der Waals surface area (Å²) in [5.74, 6) is 0. The van der Waals surface area contributed by atoms with E-state index in [1.165, 1.54) is 70.8 Å². The molecule has 1 aromatic heterocycles. The summed E-state index contributed by atoms with van der Waals surface area (Å²) in [5, 5.41) is 7.85. The lowest BCUT2D eigenvalue weighted by molar-refractivity contribution is 0.660. The number of furan rings is 1. The minimum Gasteiger partial charge on any atom is -0.456 e. The Morgan fingerprint density at radius 2 is 0.861 bits per heavy atom. The molecule has 1 aliphatic carbocycles. The Labute approximate surface area is 421 Å². The van der Waals surface area contributed by atoms with E-state index in [1.807, 2.05) is 0 Å². The van der Waals surface area contributed by atoms with E-state index < -0.39 is 8.07 Å². The molecular weight excluding hydrogens is 887 g/mol. The second-order valence-corrected chi connectivity index (χ2v) is 23.8. The fraction of sp³-hybridized carbons (Fsp3) is 0.0435. The van der Waals surface area contributed by atoms with E-state index in [2.05, 4.69) is 280 Å². The van der Waals surface area contributed by atoms with Gasteiger partial charge in [0.05, 0.1) is 0 Å². The molecule has 12 aromatic rings. The van der Waals surface area contributed by atoms with Crippen LogP contribution < -0.4 is 25.6 Å². The average molecular weight is 936 g/mol. The summed E-state index contributed by atoms with van der Waals surface area (Å²) in [7, 11) is -2.65. The van der Waals surface area contributed by atoms with Crippen molar-refractivity contribution < 1.29 is 4.42 Å². The highest BCUT2D eigenvalue weighted by Gasteiger charge is 2.48. The molecular formula is C69H49NOSi. The fourth-order valence-electron chi connectivity index (χ4n) is 12.3. The lowest BCUT2D eigenvalue weighted by atomic mass is 9.82. The number of anilines is 3. The van der Waals surface area contributed by atoms with Gasteiger partial charge in [0.1, 0.15) is 11.2 Å². The number of fused-ring (bicyclic) bond motifs is 9. The third-order valence-electron chi connectivity index (χ3n) is 15.7. The molecule has 0 radical (unpaired) electrons. The van der Waals surface area contributed by atoms with E-state index in [1.54, 1.807) is 0 Å². The maximum Gasteiger partial charge on any atom is 0.180 e. The second kappa shape index (κ2) is 16.4. The number of rotatable bonds is 8. The molecule has 72 heavy (non-hydrogen) atoms. The largest absolute Gasteiger partial charge is 0.456 e. The van der Waals surface area contributed by atoms with Crippen LogP contribution in [0.3, 0.4) is 0 Å². The Morgan fingerprint density at radius 1 is 0.319 bits per heavy atom. The van der Waals surface area contributed by atoms with Crippen LogP contribution in [0.1, 0.15) is 25.0 Å². The molecule has 0 spiro atoms. The Balaban J connectivity index is 0.920. The van der Waals surface area contributed by atoms with Gasteiger partial charge in [0, 0.05) is 33.2 Å². The molecule has 14 rings (SSSR count). The van der Waals surface area contributed by atoms with Gasteiger partial charge >= 0.3 is 0 Å². The van der Waals surface area contributed by atoms with E-state index in [-0.39, 0.29) is 5.41 Å². The van der Waals surface area contributed by atoms with Gasteiger partial charge in [0.25, 0.3) is 0 Å². The van der Waals surface area contributed by atoms with Crippen LogP contribution in [0.25, 0.3) is 77.6 Å². The standard InChI is InChI=1S/C69H49NOSi/c1-69(2)63-30-15-12-27-57(63)58-37-34-53(45-64(58)69)70(54-40-50(46-19-6-3-7-20-46)39-51(41-54)47-21-8-4-9-22-47)52-35-38-65-62(44-52)59-36-33-49(43-66(59)71-65)48-23-18-26-56(42-48)72(55-24-10-5-11-25-55)67-31-16-13-28-60(67)61-29-14-17-32-68(61)72/h3-45H,1-2H3. The zero-order valence-electron chi connectivity index (χ0n) is 40.2. The lowest BCUT2D eigenvalue weighted by Crippen LogP contribution is -2.72. The fourth-order valence-corrected chi connectivity index (χ4v) is 17.6.